The van der Waals surface area contributed by atoms with E-state index in [4.69, 9.17) is 0 Å². The number of hydrogen-bond donors (Lipinski definition) is 0. The van der Waals surface area contributed by atoms with Gasteiger partial charge in [-0.3, -0.25) is 0 Å². The first-order valence-electron chi connectivity index (χ1n) is 6.54. The SMILES string of the molecule is N#CC1(Cc2ccc(F)cc2Br)Cc2ccccc2C1. The first kappa shape index (κ1) is 13.3. The van der Waals surface area contributed by atoms with Crippen molar-refractivity contribution in [1.29, 1.82) is 5.26 Å². The Morgan fingerprint density at radius 3 is 2.35 bits per heavy atom. The Labute approximate surface area is 126 Å². The van der Waals surface area contributed by atoms with Crippen LogP contribution in [0.25, 0.3) is 0 Å². The molecule has 0 heterocycles. The smallest absolute Gasteiger partial charge is 0.124 e. The summed E-state index contributed by atoms with van der Waals surface area (Å²) in [5, 5.41) is 9.66. The summed E-state index contributed by atoms with van der Waals surface area (Å²) in [6.45, 7) is 0. The van der Waals surface area contributed by atoms with Crippen molar-refractivity contribution in [3.8, 4) is 6.07 Å². The zero-order valence-corrected chi connectivity index (χ0v) is 12.5. The van der Waals surface area contributed by atoms with Crippen LogP contribution in [0.2, 0.25) is 0 Å². The molecule has 20 heavy (non-hydrogen) atoms. The summed E-state index contributed by atoms with van der Waals surface area (Å²) in [4.78, 5) is 0. The Kier molecular flexibility index (Phi) is 3.35. The Morgan fingerprint density at radius 1 is 1.15 bits per heavy atom. The van der Waals surface area contributed by atoms with Crippen molar-refractivity contribution in [2.45, 2.75) is 19.3 Å². The van der Waals surface area contributed by atoms with Gasteiger partial charge in [0.2, 0.25) is 0 Å². The Morgan fingerprint density at radius 2 is 1.80 bits per heavy atom. The molecule has 0 N–H and O–H groups in total. The quantitative estimate of drug-likeness (QED) is 0.799. The summed E-state index contributed by atoms with van der Waals surface area (Å²) in [5.74, 6) is -0.263. The van der Waals surface area contributed by atoms with Crippen LogP contribution in [-0.2, 0) is 19.3 Å². The molecule has 0 saturated heterocycles. The molecule has 3 heteroatoms. The zero-order chi connectivity index (χ0) is 14.2. The van der Waals surface area contributed by atoms with E-state index in [1.54, 1.807) is 6.07 Å². The highest BCUT2D eigenvalue weighted by molar-refractivity contribution is 9.10. The monoisotopic (exact) mass is 329 g/mol. The fraction of sp³-hybridized carbons (Fsp3) is 0.235. The molecule has 0 spiro atoms. The van der Waals surface area contributed by atoms with Gasteiger partial charge in [-0.25, -0.2) is 4.39 Å². The minimum Gasteiger partial charge on any atom is -0.207 e. The number of nitriles is 1. The van der Waals surface area contributed by atoms with E-state index in [0.717, 1.165) is 22.9 Å². The van der Waals surface area contributed by atoms with Crippen LogP contribution < -0.4 is 0 Å². The second-order valence-corrected chi connectivity index (χ2v) is 6.28. The average molecular weight is 330 g/mol. The van der Waals surface area contributed by atoms with Crippen molar-refractivity contribution in [3.63, 3.8) is 0 Å². The largest absolute Gasteiger partial charge is 0.207 e. The molecular weight excluding hydrogens is 317 g/mol. The second kappa shape index (κ2) is 5.03. The molecule has 2 aromatic rings. The third-order valence-electron chi connectivity index (χ3n) is 3.96. The van der Waals surface area contributed by atoms with Crippen LogP contribution in [0.5, 0.6) is 0 Å². The Hall–Kier alpha value is -1.66. The summed E-state index contributed by atoms with van der Waals surface area (Å²) in [7, 11) is 0. The second-order valence-electron chi connectivity index (χ2n) is 5.43. The summed E-state index contributed by atoms with van der Waals surface area (Å²) in [6, 6.07) is 15.4. The van der Waals surface area contributed by atoms with Gasteiger partial charge in [-0.05, 0) is 48.1 Å². The minimum absolute atomic E-state index is 0.263. The van der Waals surface area contributed by atoms with Crippen LogP contribution in [-0.4, -0.2) is 0 Å². The predicted octanol–water partition coefficient (Wildman–Crippen LogP) is 4.44. The summed E-state index contributed by atoms with van der Waals surface area (Å²) in [6.07, 6.45) is 2.17. The van der Waals surface area contributed by atoms with Crippen LogP contribution in [0, 0.1) is 22.6 Å². The van der Waals surface area contributed by atoms with Crippen molar-refractivity contribution in [2.75, 3.05) is 0 Å². The van der Waals surface area contributed by atoms with Gasteiger partial charge in [0.1, 0.15) is 5.82 Å². The highest BCUT2D eigenvalue weighted by atomic mass is 79.9. The molecule has 0 radical (unpaired) electrons. The first-order valence-corrected chi connectivity index (χ1v) is 7.33. The molecule has 0 saturated carbocycles. The van der Waals surface area contributed by atoms with E-state index < -0.39 is 5.41 Å². The van der Waals surface area contributed by atoms with Crippen molar-refractivity contribution in [3.05, 3.63) is 69.4 Å². The maximum atomic E-state index is 13.2. The number of rotatable bonds is 2. The fourth-order valence-corrected chi connectivity index (χ4v) is 3.46. The van der Waals surface area contributed by atoms with Crippen LogP contribution in [0.15, 0.2) is 46.9 Å². The van der Waals surface area contributed by atoms with E-state index in [1.165, 1.54) is 23.3 Å². The number of nitrogens with zero attached hydrogens (tertiary/aromatic N) is 1. The van der Waals surface area contributed by atoms with Gasteiger partial charge in [0.15, 0.2) is 0 Å². The predicted molar refractivity (Wildman–Crippen MR) is 79.7 cm³/mol. The Balaban J connectivity index is 1.92. The molecule has 0 aliphatic heterocycles. The lowest BCUT2D eigenvalue weighted by atomic mass is 9.80. The lowest BCUT2D eigenvalue weighted by molar-refractivity contribution is 0.417. The minimum atomic E-state index is -0.413. The van der Waals surface area contributed by atoms with Gasteiger partial charge in [-0.1, -0.05) is 46.3 Å². The van der Waals surface area contributed by atoms with E-state index in [9.17, 15) is 9.65 Å². The average Bonchev–Trinajstić information content (AvgIpc) is 2.81. The van der Waals surface area contributed by atoms with E-state index in [-0.39, 0.29) is 5.82 Å². The van der Waals surface area contributed by atoms with E-state index in [2.05, 4.69) is 34.1 Å². The summed E-state index contributed by atoms with van der Waals surface area (Å²) in [5.41, 5.74) is 3.09. The van der Waals surface area contributed by atoms with Crippen LogP contribution in [0.1, 0.15) is 16.7 Å². The molecule has 100 valence electrons. The number of benzene rings is 2. The third kappa shape index (κ3) is 2.36. The van der Waals surface area contributed by atoms with Crippen LogP contribution in [0.3, 0.4) is 0 Å². The molecule has 0 fully saturated rings. The van der Waals surface area contributed by atoms with Gasteiger partial charge >= 0.3 is 0 Å². The van der Waals surface area contributed by atoms with Gasteiger partial charge in [0.25, 0.3) is 0 Å². The molecule has 0 aromatic heterocycles. The van der Waals surface area contributed by atoms with Gasteiger partial charge in [-0.2, -0.15) is 5.26 Å². The number of hydrogen-bond acceptors (Lipinski definition) is 1. The van der Waals surface area contributed by atoms with Gasteiger partial charge in [0.05, 0.1) is 11.5 Å². The molecule has 2 aromatic carbocycles. The highest BCUT2D eigenvalue weighted by Gasteiger charge is 2.37. The van der Waals surface area contributed by atoms with Crippen LogP contribution in [0.4, 0.5) is 4.39 Å². The molecule has 1 aliphatic carbocycles. The van der Waals surface area contributed by atoms with Gasteiger partial charge in [0, 0.05) is 4.47 Å². The van der Waals surface area contributed by atoms with Crippen LogP contribution >= 0.6 is 15.9 Å². The van der Waals surface area contributed by atoms with Crippen molar-refractivity contribution >= 4 is 15.9 Å². The maximum absolute atomic E-state index is 13.2. The van der Waals surface area contributed by atoms with E-state index >= 15 is 0 Å². The molecule has 1 nitrogen and oxygen atoms in total. The van der Waals surface area contributed by atoms with Crippen molar-refractivity contribution in [2.24, 2.45) is 5.41 Å². The Bertz CT molecular complexity index is 677. The lowest BCUT2D eigenvalue weighted by Gasteiger charge is -2.21. The zero-order valence-electron chi connectivity index (χ0n) is 10.9. The maximum Gasteiger partial charge on any atom is 0.124 e. The molecular formula is C17H13BrFN. The fourth-order valence-electron chi connectivity index (χ4n) is 2.97. The topological polar surface area (TPSA) is 23.8 Å². The lowest BCUT2D eigenvalue weighted by Crippen LogP contribution is -2.22. The molecule has 0 bridgehead atoms. The summed E-state index contributed by atoms with van der Waals surface area (Å²) < 4.78 is 13.9. The van der Waals surface area contributed by atoms with Gasteiger partial charge < -0.3 is 0 Å². The molecule has 3 rings (SSSR count). The number of fused-ring (bicyclic) bond motifs is 1. The molecule has 0 amide bonds. The first-order chi connectivity index (χ1) is 9.62. The van der Waals surface area contributed by atoms with E-state index in [0.29, 0.717) is 6.42 Å². The standard InChI is InChI=1S/C17H13BrFN/c18-16-7-15(19)6-5-14(16)10-17(11-20)8-12-3-1-2-4-13(12)9-17/h1-7H,8-10H2. The molecule has 0 unspecified atom stereocenters. The highest BCUT2D eigenvalue weighted by Crippen LogP contribution is 2.40. The molecule has 0 atom stereocenters. The normalized spacial score (nSPS) is 15.7. The number of halogens is 2. The molecule has 1 aliphatic rings. The third-order valence-corrected chi connectivity index (χ3v) is 4.70. The summed E-state index contributed by atoms with van der Waals surface area (Å²) >= 11 is 3.39. The van der Waals surface area contributed by atoms with Crippen molar-refractivity contribution in [1.82, 2.24) is 0 Å². The van der Waals surface area contributed by atoms with Crippen molar-refractivity contribution < 1.29 is 4.39 Å². The van der Waals surface area contributed by atoms with E-state index in [1.807, 2.05) is 12.1 Å². The van der Waals surface area contributed by atoms with Gasteiger partial charge in [-0.15, -0.1) is 0 Å².